The highest BCUT2D eigenvalue weighted by molar-refractivity contribution is 5.63. The number of nitrogens with zero attached hydrogens (tertiary/aromatic N) is 2. The molecule has 0 N–H and O–H groups in total. The van der Waals surface area contributed by atoms with Crippen LogP contribution < -0.4 is 0 Å². The SMILES string of the molecule is CN(C)CN(C)Cc1cccc(-c2ccccc2)c1. The van der Waals surface area contributed by atoms with Gasteiger partial charge >= 0.3 is 0 Å². The molecule has 2 nitrogen and oxygen atoms in total. The van der Waals surface area contributed by atoms with Gasteiger partial charge in [-0.2, -0.15) is 0 Å². The molecule has 0 saturated heterocycles. The summed E-state index contributed by atoms with van der Waals surface area (Å²) in [6, 6.07) is 19.3. The van der Waals surface area contributed by atoms with E-state index in [9.17, 15) is 0 Å². The fraction of sp³-hybridized carbons (Fsp3) is 0.294. The smallest absolute Gasteiger partial charge is 0.0501 e. The molecule has 0 atom stereocenters. The normalized spacial score (nSPS) is 11.2. The molecule has 0 amide bonds. The van der Waals surface area contributed by atoms with Crippen molar-refractivity contribution in [1.29, 1.82) is 0 Å². The standard InChI is InChI=1S/C17H22N2/c1-18(2)14-19(3)13-15-8-7-11-17(12-15)16-9-5-4-6-10-16/h4-12H,13-14H2,1-3H3. The molecule has 2 aromatic rings. The quantitative estimate of drug-likeness (QED) is 0.755. The van der Waals surface area contributed by atoms with Gasteiger partial charge in [0.05, 0.1) is 6.67 Å². The Morgan fingerprint density at radius 1 is 0.789 bits per heavy atom. The van der Waals surface area contributed by atoms with Crippen LogP contribution in [0.1, 0.15) is 5.56 Å². The highest BCUT2D eigenvalue weighted by atomic mass is 15.3. The molecule has 100 valence electrons. The van der Waals surface area contributed by atoms with Gasteiger partial charge in [0.2, 0.25) is 0 Å². The minimum absolute atomic E-state index is 0.968. The first-order valence-corrected chi connectivity index (χ1v) is 6.63. The summed E-state index contributed by atoms with van der Waals surface area (Å²) >= 11 is 0. The number of rotatable bonds is 5. The fourth-order valence-electron chi connectivity index (χ4n) is 2.32. The van der Waals surface area contributed by atoms with Crippen LogP contribution in [0.4, 0.5) is 0 Å². The molecule has 0 aliphatic rings. The number of benzene rings is 2. The third kappa shape index (κ3) is 4.19. The Labute approximate surface area is 116 Å². The Hall–Kier alpha value is -1.64. The van der Waals surface area contributed by atoms with E-state index in [0.29, 0.717) is 0 Å². The van der Waals surface area contributed by atoms with Gasteiger partial charge in [0.1, 0.15) is 0 Å². The van der Waals surface area contributed by atoms with E-state index in [-0.39, 0.29) is 0 Å². The lowest BCUT2D eigenvalue weighted by molar-refractivity contribution is 0.204. The van der Waals surface area contributed by atoms with Crippen molar-refractivity contribution in [3.05, 3.63) is 60.2 Å². The van der Waals surface area contributed by atoms with Crippen molar-refractivity contribution in [2.75, 3.05) is 27.8 Å². The minimum atomic E-state index is 0.968. The van der Waals surface area contributed by atoms with Crippen LogP contribution in [-0.2, 0) is 6.54 Å². The van der Waals surface area contributed by atoms with Crippen molar-refractivity contribution in [3.8, 4) is 11.1 Å². The van der Waals surface area contributed by atoms with Gasteiger partial charge in [-0.3, -0.25) is 9.80 Å². The predicted octanol–water partition coefficient (Wildman–Crippen LogP) is 3.30. The van der Waals surface area contributed by atoms with Crippen molar-refractivity contribution in [2.24, 2.45) is 0 Å². The van der Waals surface area contributed by atoms with Gasteiger partial charge in [0.15, 0.2) is 0 Å². The lowest BCUT2D eigenvalue weighted by atomic mass is 10.0. The lowest BCUT2D eigenvalue weighted by Gasteiger charge is -2.21. The molecule has 0 aliphatic carbocycles. The Balaban J connectivity index is 2.12. The molecule has 0 aromatic heterocycles. The van der Waals surface area contributed by atoms with Crippen molar-refractivity contribution < 1.29 is 0 Å². The van der Waals surface area contributed by atoms with E-state index in [1.807, 2.05) is 0 Å². The number of hydrogen-bond donors (Lipinski definition) is 0. The van der Waals surface area contributed by atoms with E-state index < -0.39 is 0 Å². The van der Waals surface area contributed by atoms with Gasteiger partial charge < -0.3 is 0 Å². The third-order valence-corrected chi connectivity index (χ3v) is 3.01. The summed E-state index contributed by atoms with van der Waals surface area (Å²) in [5, 5.41) is 0. The summed E-state index contributed by atoms with van der Waals surface area (Å²) in [5.41, 5.74) is 3.92. The zero-order chi connectivity index (χ0) is 13.7. The van der Waals surface area contributed by atoms with Crippen LogP contribution in [0.15, 0.2) is 54.6 Å². The molecular weight excluding hydrogens is 232 g/mol. The van der Waals surface area contributed by atoms with Gasteiger partial charge in [-0.1, -0.05) is 48.5 Å². The first kappa shape index (κ1) is 13.8. The molecule has 0 bridgehead atoms. The molecule has 0 unspecified atom stereocenters. The molecule has 2 heteroatoms. The first-order valence-electron chi connectivity index (χ1n) is 6.63. The Bertz CT molecular complexity index is 506. The summed E-state index contributed by atoms with van der Waals surface area (Å²) in [7, 11) is 6.34. The van der Waals surface area contributed by atoms with Crippen molar-refractivity contribution in [1.82, 2.24) is 9.80 Å². The molecule has 2 rings (SSSR count). The average Bonchev–Trinajstić information content (AvgIpc) is 2.39. The van der Waals surface area contributed by atoms with Gasteiger partial charge in [-0.25, -0.2) is 0 Å². The predicted molar refractivity (Wildman–Crippen MR) is 81.9 cm³/mol. The van der Waals surface area contributed by atoms with E-state index >= 15 is 0 Å². The van der Waals surface area contributed by atoms with Gasteiger partial charge in [0.25, 0.3) is 0 Å². The van der Waals surface area contributed by atoms with E-state index in [1.54, 1.807) is 0 Å². The van der Waals surface area contributed by atoms with Gasteiger partial charge in [-0.05, 0) is 43.9 Å². The van der Waals surface area contributed by atoms with E-state index in [4.69, 9.17) is 0 Å². The van der Waals surface area contributed by atoms with Crippen LogP contribution in [-0.4, -0.2) is 37.6 Å². The summed E-state index contributed by atoms with van der Waals surface area (Å²) in [4.78, 5) is 4.49. The monoisotopic (exact) mass is 254 g/mol. The molecule has 0 spiro atoms. The average molecular weight is 254 g/mol. The van der Waals surface area contributed by atoms with Crippen LogP contribution in [0.25, 0.3) is 11.1 Å². The van der Waals surface area contributed by atoms with E-state index in [1.165, 1.54) is 16.7 Å². The molecular formula is C17H22N2. The van der Waals surface area contributed by atoms with E-state index in [0.717, 1.165) is 13.2 Å². The molecule has 0 saturated carbocycles. The zero-order valence-corrected chi connectivity index (χ0v) is 12.0. The first-order chi connectivity index (χ1) is 9.15. The topological polar surface area (TPSA) is 6.48 Å². The van der Waals surface area contributed by atoms with Crippen LogP contribution in [0, 0.1) is 0 Å². The minimum Gasteiger partial charge on any atom is -0.297 e. The van der Waals surface area contributed by atoms with Crippen LogP contribution in [0.5, 0.6) is 0 Å². The number of hydrogen-bond acceptors (Lipinski definition) is 2. The van der Waals surface area contributed by atoms with Crippen molar-refractivity contribution in [3.63, 3.8) is 0 Å². The second kappa shape index (κ2) is 6.50. The molecule has 0 fully saturated rings. The molecule has 19 heavy (non-hydrogen) atoms. The van der Waals surface area contributed by atoms with Crippen LogP contribution in [0.2, 0.25) is 0 Å². The highest BCUT2D eigenvalue weighted by Crippen LogP contribution is 2.20. The Morgan fingerprint density at radius 3 is 2.16 bits per heavy atom. The van der Waals surface area contributed by atoms with Gasteiger partial charge in [-0.15, -0.1) is 0 Å². The third-order valence-electron chi connectivity index (χ3n) is 3.01. The van der Waals surface area contributed by atoms with Gasteiger partial charge in [0, 0.05) is 6.54 Å². The van der Waals surface area contributed by atoms with Crippen LogP contribution in [0.3, 0.4) is 0 Å². The summed E-state index contributed by atoms with van der Waals surface area (Å²) < 4.78 is 0. The molecule has 2 aromatic carbocycles. The van der Waals surface area contributed by atoms with Crippen LogP contribution >= 0.6 is 0 Å². The maximum Gasteiger partial charge on any atom is 0.0501 e. The second-order valence-electron chi connectivity index (χ2n) is 5.30. The maximum absolute atomic E-state index is 2.31. The molecule has 0 heterocycles. The molecule has 0 aliphatic heterocycles. The zero-order valence-electron chi connectivity index (χ0n) is 12.0. The van der Waals surface area contributed by atoms with Crippen molar-refractivity contribution in [2.45, 2.75) is 6.54 Å². The highest BCUT2D eigenvalue weighted by Gasteiger charge is 2.03. The fourth-order valence-corrected chi connectivity index (χ4v) is 2.32. The Morgan fingerprint density at radius 2 is 1.47 bits per heavy atom. The lowest BCUT2D eigenvalue weighted by Crippen LogP contribution is -2.29. The summed E-state index contributed by atoms with van der Waals surface area (Å²) in [5.74, 6) is 0. The molecule has 0 radical (unpaired) electrons. The summed E-state index contributed by atoms with van der Waals surface area (Å²) in [6.07, 6.45) is 0. The second-order valence-corrected chi connectivity index (χ2v) is 5.30. The Kier molecular flexibility index (Phi) is 4.72. The van der Waals surface area contributed by atoms with Crippen molar-refractivity contribution >= 4 is 0 Å². The maximum atomic E-state index is 2.31. The van der Waals surface area contributed by atoms with E-state index in [2.05, 4.69) is 85.5 Å². The summed E-state index contributed by atoms with van der Waals surface area (Å²) in [6.45, 7) is 1.94. The largest absolute Gasteiger partial charge is 0.297 e.